The largest absolute Gasteiger partial charge is 0.481 e. The number of fused-ring (bicyclic) bond motifs is 1. The Morgan fingerprint density at radius 1 is 1.17 bits per heavy atom. The van der Waals surface area contributed by atoms with Crippen LogP contribution < -0.4 is 0 Å². The van der Waals surface area contributed by atoms with Crippen LogP contribution in [0.2, 0.25) is 0 Å². The Morgan fingerprint density at radius 3 is 2.69 bits per heavy atom. The Balaban J connectivity index is 1.49. The summed E-state index contributed by atoms with van der Waals surface area (Å²) >= 11 is 1.65. The van der Waals surface area contributed by atoms with Crippen molar-refractivity contribution in [3.63, 3.8) is 0 Å². The number of unbranched alkanes of at least 4 members (excludes halogenated alkanes) is 3. The third kappa shape index (κ3) is 5.91. The van der Waals surface area contributed by atoms with Crippen molar-refractivity contribution < 1.29 is 20.1 Å². The predicted molar refractivity (Wildman–Crippen MR) is 118 cm³/mol. The first-order valence-corrected chi connectivity index (χ1v) is 11.5. The van der Waals surface area contributed by atoms with Gasteiger partial charge in [0.2, 0.25) is 0 Å². The standard InChI is InChI=1S/C24H32O4S/c1-16-14-21(26)19(9-4-2-3-5-11-24(27)28)18(16)12-13-20(25)23-15-17-8-6-7-10-22(17)29-23/h6-8,10,15,18-21,25-26H,1-5,9,11-14H2,(H,27,28). The first kappa shape index (κ1) is 22.0. The number of benzene rings is 1. The van der Waals surface area contributed by atoms with Gasteiger partial charge in [0.05, 0.1) is 12.2 Å². The summed E-state index contributed by atoms with van der Waals surface area (Å²) in [6.45, 7) is 4.19. The van der Waals surface area contributed by atoms with E-state index in [0.717, 1.165) is 49.0 Å². The molecule has 1 heterocycles. The smallest absolute Gasteiger partial charge is 0.303 e. The number of hydrogen-bond acceptors (Lipinski definition) is 4. The molecule has 0 bridgehead atoms. The Bertz CT molecular complexity index is 794. The van der Waals surface area contributed by atoms with Crippen molar-refractivity contribution in [1.82, 2.24) is 0 Å². The van der Waals surface area contributed by atoms with Crippen LogP contribution in [0.3, 0.4) is 0 Å². The second kappa shape index (κ2) is 10.4. The molecule has 3 N–H and O–H groups in total. The second-order valence-electron chi connectivity index (χ2n) is 8.33. The summed E-state index contributed by atoms with van der Waals surface area (Å²) in [4.78, 5) is 11.6. The molecular formula is C24H32O4S. The number of carboxylic acid groups (broad SMARTS) is 1. The lowest BCUT2D eigenvalue weighted by molar-refractivity contribution is -0.137. The van der Waals surface area contributed by atoms with Crippen molar-refractivity contribution in [1.29, 1.82) is 0 Å². The van der Waals surface area contributed by atoms with Crippen LogP contribution in [0.15, 0.2) is 42.5 Å². The lowest BCUT2D eigenvalue weighted by Crippen LogP contribution is -2.20. The molecule has 1 fully saturated rings. The Labute approximate surface area is 176 Å². The van der Waals surface area contributed by atoms with Crippen LogP contribution in [0.4, 0.5) is 0 Å². The van der Waals surface area contributed by atoms with Crippen molar-refractivity contribution >= 4 is 27.4 Å². The van der Waals surface area contributed by atoms with Crippen molar-refractivity contribution in [3.8, 4) is 0 Å². The number of thiophene rings is 1. The third-order valence-corrected chi connectivity index (χ3v) is 7.43. The summed E-state index contributed by atoms with van der Waals surface area (Å²) in [6.07, 6.45) is 6.19. The maximum absolute atomic E-state index is 10.7. The van der Waals surface area contributed by atoms with E-state index in [0.29, 0.717) is 12.8 Å². The molecule has 2 aromatic rings. The lowest BCUT2D eigenvalue weighted by Gasteiger charge is -2.23. The van der Waals surface area contributed by atoms with Gasteiger partial charge < -0.3 is 15.3 Å². The Hall–Kier alpha value is -1.69. The third-order valence-electron chi connectivity index (χ3n) is 6.21. The highest BCUT2D eigenvalue weighted by atomic mass is 32.1. The molecular weight excluding hydrogens is 384 g/mol. The van der Waals surface area contributed by atoms with Gasteiger partial charge in [-0.2, -0.15) is 0 Å². The number of hydrogen-bond donors (Lipinski definition) is 3. The van der Waals surface area contributed by atoms with E-state index in [9.17, 15) is 15.0 Å². The van der Waals surface area contributed by atoms with Crippen molar-refractivity contribution in [2.24, 2.45) is 11.8 Å². The van der Waals surface area contributed by atoms with Gasteiger partial charge in [0.1, 0.15) is 0 Å². The van der Waals surface area contributed by atoms with Gasteiger partial charge in [0, 0.05) is 16.0 Å². The van der Waals surface area contributed by atoms with E-state index in [2.05, 4.69) is 24.8 Å². The molecule has 0 spiro atoms. The summed E-state index contributed by atoms with van der Waals surface area (Å²) in [5, 5.41) is 31.1. The molecule has 0 radical (unpaired) electrons. The highest BCUT2D eigenvalue weighted by Gasteiger charge is 2.37. The first-order chi connectivity index (χ1) is 14.0. The molecule has 4 atom stereocenters. The second-order valence-corrected chi connectivity index (χ2v) is 9.44. The highest BCUT2D eigenvalue weighted by molar-refractivity contribution is 7.19. The molecule has 5 heteroatoms. The van der Waals surface area contributed by atoms with Crippen LogP contribution in [0, 0.1) is 11.8 Å². The number of aliphatic hydroxyl groups is 2. The van der Waals surface area contributed by atoms with Crippen LogP contribution >= 0.6 is 11.3 Å². The zero-order chi connectivity index (χ0) is 20.8. The van der Waals surface area contributed by atoms with E-state index in [1.165, 1.54) is 10.1 Å². The fourth-order valence-corrected chi connectivity index (χ4v) is 5.70. The van der Waals surface area contributed by atoms with Gasteiger partial charge in [-0.25, -0.2) is 0 Å². The number of carboxylic acids is 1. The van der Waals surface area contributed by atoms with Crippen molar-refractivity contribution in [2.45, 2.75) is 70.0 Å². The molecule has 29 heavy (non-hydrogen) atoms. The summed E-state index contributed by atoms with van der Waals surface area (Å²) in [6, 6.07) is 10.3. The number of aliphatic carboxylic acids is 1. The molecule has 4 nitrogen and oxygen atoms in total. The molecule has 0 amide bonds. The zero-order valence-electron chi connectivity index (χ0n) is 16.9. The summed E-state index contributed by atoms with van der Waals surface area (Å²) in [5.74, 6) is -0.269. The number of rotatable bonds is 11. The summed E-state index contributed by atoms with van der Waals surface area (Å²) < 4.78 is 1.20. The van der Waals surface area contributed by atoms with Crippen LogP contribution in [0.25, 0.3) is 10.1 Å². The van der Waals surface area contributed by atoms with Gasteiger partial charge in [-0.3, -0.25) is 4.79 Å². The van der Waals surface area contributed by atoms with Crippen LogP contribution in [0.1, 0.15) is 68.8 Å². The molecule has 1 aliphatic carbocycles. The highest BCUT2D eigenvalue weighted by Crippen LogP contribution is 2.43. The van der Waals surface area contributed by atoms with E-state index in [1.54, 1.807) is 11.3 Å². The maximum Gasteiger partial charge on any atom is 0.303 e. The van der Waals surface area contributed by atoms with E-state index >= 15 is 0 Å². The van der Waals surface area contributed by atoms with Crippen molar-refractivity contribution in [2.75, 3.05) is 0 Å². The fraction of sp³-hybridized carbons (Fsp3) is 0.542. The Morgan fingerprint density at radius 2 is 1.93 bits per heavy atom. The quantitative estimate of drug-likeness (QED) is 0.325. The van der Waals surface area contributed by atoms with Crippen LogP contribution in [-0.4, -0.2) is 27.4 Å². The molecule has 1 saturated carbocycles. The minimum Gasteiger partial charge on any atom is -0.481 e. The van der Waals surface area contributed by atoms with Crippen molar-refractivity contribution in [3.05, 3.63) is 47.4 Å². The molecule has 0 aliphatic heterocycles. The number of carbonyl (C=O) groups is 1. The molecule has 0 saturated heterocycles. The van der Waals surface area contributed by atoms with Gasteiger partial charge in [-0.15, -0.1) is 11.3 Å². The minimum absolute atomic E-state index is 0.205. The monoisotopic (exact) mass is 416 g/mol. The lowest BCUT2D eigenvalue weighted by atomic mass is 9.84. The average molecular weight is 417 g/mol. The average Bonchev–Trinajstić information content (AvgIpc) is 3.23. The maximum atomic E-state index is 10.7. The fourth-order valence-electron chi connectivity index (χ4n) is 4.61. The van der Waals surface area contributed by atoms with Gasteiger partial charge >= 0.3 is 5.97 Å². The SMILES string of the molecule is C=C1CC(O)C(CCCCCCC(=O)O)C1CCC(O)c1cc2ccccc2s1. The topological polar surface area (TPSA) is 77.8 Å². The van der Waals surface area contributed by atoms with Crippen LogP contribution in [0.5, 0.6) is 0 Å². The molecule has 1 aromatic carbocycles. The van der Waals surface area contributed by atoms with E-state index in [1.807, 2.05) is 12.1 Å². The van der Waals surface area contributed by atoms with E-state index in [4.69, 9.17) is 5.11 Å². The van der Waals surface area contributed by atoms with E-state index in [-0.39, 0.29) is 24.4 Å². The summed E-state index contributed by atoms with van der Waals surface area (Å²) in [5.41, 5.74) is 1.11. The zero-order valence-corrected chi connectivity index (χ0v) is 17.7. The van der Waals surface area contributed by atoms with Gasteiger partial charge in [0.15, 0.2) is 0 Å². The van der Waals surface area contributed by atoms with Gasteiger partial charge in [-0.05, 0) is 61.5 Å². The van der Waals surface area contributed by atoms with Gasteiger partial charge in [0.25, 0.3) is 0 Å². The van der Waals surface area contributed by atoms with E-state index < -0.39 is 12.1 Å². The molecule has 3 rings (SSSR count). The van der Waals surface area contributed by atoms with Gasteiger partial charge in [-0.1, -0.05) is 49.6 Å². The predicted octanol–water partition coefficient (Wildman–Crippen LogP) is 5.69. The van der Waals surface area contributed by atoms with Crippen LogP contribution in [-0.2, 0) is 4.79 Å². The summed E-state index contributed by atoms with van der Waals surface area (Å²) in [7, 11) is 0. The normalized spacial score (nSPS) is 23.0. The first-order valence-electron chi connectivity index (χ1n) is 10.7. The molecule has 1 aromatic heterocycles. The molecule has 158 valence electrons. The number of aliphatic hydroxyl groups excluding tert-OH is 2. The Kier molecular flexibility index (Phi) is 7.87. The molecule has 1 aliphatic rings. The minimum atomic E-state index is -0.732. The molecule has 4 unspecified atom stereocenters.